The van der Waals surface area contributed by atoms with Gasteiger partial charge in [0.1, 0.15) is 11.2 Å². The number of nitrogens with zero attached hydrogens (tertiary/aromatic N) is 6. The molecule has 11 heteroatoms. The molecular weight excluding hydrogens is 460 g/mol. The van der Waals surface area contributed by atoms with Gasteiger partial charge in [-0.15, -0.1) is 5.10 Å². The zero-order valence-corrected chi connectivity index (χ0v) is 20.6. The molecule has 1 saturated heterocycles. The molecular formula is C25H30N8O3. The van der Waals surface area contributed by atoms with E-state index in [0.29, 0.717) is 54.3 Å². The number of anilines is 3. The molecule has 0 saturated carbocycles. The Bertz CT molecular complexity index is 1300. The van der Waals surface area contributed by atoms with E-state index >= 15 is 0 Å². The molecule has 0 aromatic carbocycles. The van der Waals surface area contributed by atoms with Crippen LogP contribution in [-0.4, -0.2) is 75.3 Å². The second-order valence-corrected chi connectivity index (χ2v) is 7.67. The number of ether oxygens (including phenoxy) is 2. The number of nitrogens with one attached hydrogen (secondary N) is 2. The van der Waals surface area contributed by atoms with Gasteiger partial charge in [-0.3, -0.25) is 14.7 Å². The van der Waals surface area contributed by atoms with Gasteiger partial charge in [0, 0.05) is 31.5 Å². The van der Waals surface area contributed by atoms with E-state index in [0.717, 1.165) is 18.6 Å². The van der Waals surface area contributed by atoms with Crippen molar-refractivity contribution in [2.75, 3.05) is 50.6 Å². The third kappa shape index (κ3) is 5.93. The smallest absolute Gasteiger partial charge is 0.238 e. The van der Waals surface area contributed by atoms with E-state index in [1.165, 1.54) is 0 Å². The third-order valence-corrected chi connectivity index (χ3v) is 5.37. The van der Waals surface area contributed by atoms with Gasteiger partial charge in [-0.2, -0.15) is 0 Å². The number of rotatable bonds is 7. The molecule has 5 rings (SSSR count). The fraction of sp³-hybridized carbons (Fsp3) is 0.320. The quantitative estimate of drug-likeness (QED) is 0.402. The Morgan fingerprint density at radius 3 is 2.72 bits per heavy atom. The fourth-order valence-corrected chi connectivity index (χ4v) is 3.67. The second kappa shape index (κ2) is 12.0. The number of fused-ring (bicyclic) bond motifs is 1. The minimum Gasteiger partial charge on any atom is -0.481 e. The molecule has 0 atom stereocenters. The summed E-state index contributed by atoms with van der Waals surface area (Å²) < 4.78 is 12.3. The Labute approximate surface area is 209 Å². The summed E-state index contributed by atoms with van der Waals surface area (Å²) in [7, 11) is 1.56. The molecule has 0 spiro atoms. The van der Waals surface area contributed by atoms with Crippen LogP contribution in [0.15, 0.2) is 55.0 Å². The van der Waals surface area contributed by atoms with Gasteiger partial charge in [0.05, 0.1) is 44.4 Å². The number of methoxy groups -OCH3 is 1. The van der Waals surface area contributed by atoms with Crippen molar-refractivity contribution in [1.29, 1.82) is 0 Å². The summed E-state index contributed by atoms with van der Waals surface area (Å²) >= 11 is 0. The molecule has 1 aliphatic heterocycles. The molecule has 0 unspecified atom stereocenters. The first-order valence-corrected chi connectivity index (χ1v) is 11.9. The van der Waals surface area contributed by atoms with Crippen LogP contribution in [0.4, 0.5) is 17.2 Å². The highest BCUT2D eigenvalue weighted by molar-refractivity contribution is 5.96. The molecule has 11 nitrogen and oxygen atoms in total. The molecule has 4 aromatic rings. The van der Waals surface area contributed by atoms with E-state index in [1.54, 1.807) is 36.2 Å². The molecule has 0 aliphatic carbocycles. The first kappa shape index (κ1) is 25.0. The molecule has 188 valence electrons. The lowest BCUT2D eigenvalue weighted by molar-refractivity contribution is -0.118. The number of carbonyl (C=O) groups excluding carboxylic acids is 1. The van der Waals surface area contributed by atoms with Crippen molar-refractivity contribution in [2.45, 2.75) is 13.8 Å². The minimum absolute atomic E-state index is 0.116. The van der Waals surface area contributed by atoms with Crippen molar-refractivity contribution in [3.8, 4) is 17.4 Å². The molecule has 2 N–H and O–H groups in total. The van der Waals surface area contributed by atoms with Crippen LogP contribution < -0.4 is 15.4 Å². The van der Waals surface area contributed by atoms with Crippen LogP contribution in [0.25, 0.3) is 17.0 Å². The highest BCUT2D eigenvalue weighted by atomic mass is 16.5. The summed E-state index contributed by atoms with van der Waals surface area (Å²) in [6.07, 6.45) is 5.10. The number of morpholine rings is 1. The highest BCUT2D eigenvalue weighted by Crippen LogP contribution is 2.27. The van der Waals surface area contributed by atoms with Gasteiger partial charge >= 0.3 is 0 Å². The Morgan fingerprint density at radius 2 is 1.92 bits per heavy atom. The first-order chi connectivity index (χ1) is 17.7. The second-order valence-electron chi connectivity index (χ2n) is 7.67. The van der Waals surface area contributed by atoms with Crippen LogP contribution in [0.3, 0.4) is 0 Å². The van der Waals surface area contributed by atoms with Gasteiger partial charge in [-0.25, -0.2) is 14.5 Å². The lowest BCUT2D eigenvalue weighted by Crippen LogP contribution is -2.41. The number of amides is 1. The summed E-state index contributed by atoms with van der Waals surface area (Å²) in [6.45, 7) is 7.04. The molecule has 1 fully saturated rings. The fourth-order valence-electron chi connectivity index (χ4n) is 3.67. The lowest BCUT2D eigenvalue weighted by atomic mass is 10.3. The molecule has 5 heterocycles. The Hall–Kier alpha value is -4.09. The van der Waals surface area contributed by atoms with Crippen molar-refractivity contribution >= 4 is 28.6 Å². The number of pyridine rings is 2. The molecule has 0 bridgehead atoms. The average molecular weight is 491 g/mol. The number of hydrogen-bond donors (Lipinski definition) is 2. The number of hydrogen-bond acceptors (Lipinski definition) is 9. The van der Waals surface area contributed by atoms with E-state index in [1.807, 2.05) is 44.3 Å². The zero-order valence-electron chi connectivity index (χ0n) is 20.6. The van der Waals surface area contributed by atoms with Crippen LogP contribution in [0.1, 0.15) is 13.8 Å². The Balaban J connectivity index is 0.00000148. The predicted molar refractivity (Wildman–Crippen MR) is 138 cm³/mol. The highest BCUT2D eigenvalue weighted by Gasteiger charge is 2.17. The van der Waals surface area contributed by atoms with Crippen molar-refractivity contribution in [3.05, 3.63) is 55.0 Å². The van der Waals surface area contributed by atoms with Gasteiger partial charge < -0.3 is 20.1 Å². The minimum atomic E-state index is -0.116. The maximum Gasteiger partial charge on any atom is 0.238 e. The number of aromatic nitrogens is 5. The monoisotopic (exact) mass is 490 g/mol. The molecule has 4 aromatic heterocycles. The van der Waals surface area contributed by atoms with E-state index in [2.05, 4.69) is 30.6 Å². The van der Waals surface area contributed by atoms with Gasteiger partial charge in [0.25, 0.3) is 0 Å². The van der Waals surface area contributed by atoms with Crippen LogP contribution in [-0.2, 0) is 9.53 Å². The summed E-state index contributed by atoms with van der Waals surface area (Å²) in [4.78, 5) is 28.0. The first-order valence-electron chi connectivity index (χ1n) is 11.9. The lowest BCUT2D eigenvalue weighted by Gasteiger charge is -2.26. The summed E-state index contributed by atoms with van der Waals surface area (Å²) in [5, 5.41) is 10.9. The average Bonchev–Trinajstić information content (AvgIpc) is 3.41. The van der Waals surface area contributed by atoms with E-state index in [9.17, 15) is 4.79 Å². The Kier molecular flexibility index (Phi) is 8.37. The van der Waals surface area contributed by atoms with Crippen LogP contribution in [0.2, 0.25) is 0 Å². The van der Waals surface area contributed by atoms with E-state index in [4.69, 9.17) is 14.5 Å². The van der Waals surface area contributed by atoms with Crippen molar-refractivity contribution < 1.29 is 14.3 Å². The van der Waals surface area contributed by atoms with Crippen LogP contribution in [0.5, 0.6) is 5.88 Å². The van der Waals surface area contributed by atoms with E-state index < -0.39 is 0 Å². The van der Waals surface area contributed by atoms with Gasteiger partial charge in [-0.1, -0.05) is 19.9 Å². The Morgan fingerprint density at radius 1 is 1.08 bits per heavy atom. The zero-order chi connectivity index (χ0) is 25.3. The normalized spacial score (nSPS) is 13.5. The maximum absolute atomic E-state index is 12.7. The van der Waals surface area contributed by atoms with Crippen LogP contribution >= 0.6 is 0 Å². The van der Waals surface area contributed by atoms with Gasteiger partial charge in [-0.05, 0) is 24.3 Å². The van der Waals surface area contributed by atoms with Crippen molar-refractivity contribution in [1.82, 2.24) is 29.5 Å². The predicted octanol–water partition coefficient (Wildman–Crippen LogP) is 3.24. The summed E-state index contributed by atoms with van der Waals surface area (Å²) in [5.74, 6) is 1.35. The third-order valence-electron chi connectivity index (χ3n) is 5.37. The SMILES string of the molecule is CC.COc1cccc(-c2nc(Nc3ccncc3NC(=O)CN3CCOCC3)c3cccn3n2)n1. The molecule has 0 radical (unpaired) electrons. The maximum atomic E-state index is 12.7. The standard InChI is InChI=1S/C23H24N8O3.C2H6/c1-33-21-6-2-4-17(26-21)22-28-23(19-5-3-9-31(19)29-22)27-16-7-8-24-14-18(16)25-20(32)15-30-10-12-34-13-11-30;1-2/h2-9,14H,10-13,15H2,1H3,(H,25,32)(H,24,27,28,29);1-2H3. The number of carbonyl (C=O) groups is 1. The van der Waals surface area contributed by atoms with Crippen molar-refractivity contribution in [3.63, 3.8) is 0 Å². The summed E-state index contributed by atoms with van der Waals surface area (Å²) in [5.41, 5.74) is 2.57. The summed E-state index contributed by atoms with van der Waals surface area (Å²) in [6, 6.07) is 11.0. The molecule has 1 amide bonds. The largest absolute Gasteiger partial charge is 0.481 e. The van der Waals surface area contributed by atoms with Crippen molar-refractivity contribution in [2.24, 2.45) is 0 Å². The van der Waals surface area contributed by atoms with Crippen LogP contribution in [0, 0.1) is 0 Å². The van der Waals surface area contributed by atoms with Gasteiger partial charge in [0.2, 0.25) is 17.6 Å². The molecule has 36 heavy (non-hydrogen) atoms. The molecule has 1 aliphatic rings. The topological polar surface area (TPSA) is 119 Å². The van der Waals surface area contributed by atoms with E-state index in [-0.39, 0.29) is 5.91 Å². The van der Waals surface area contributed by atoms with Gasteiger partial charge in [0.15, 0.2) is 5.82 Å².